The number of ketones is 1. The van der Waals surface area contributed by atoms with Gasteiger partial charge in [0.2, 0.25) is 0 Å². The molecule has 2 fully saturated rings. The van der Waals surface area contributed by atoms with Gasteiger partial charge in [-0.15, -0.1) is 12.4 Å². The number of halogens is 1. The highest BCUT2D eigenvalue weighted by molar-refractivity contribution is 5.93. The van der Waals surface area contributed by atoms with Gasteiger partial charge < -0.3 is 60.0 Å². The topological polar surface area (TPSA) is 210 Å². The molecular weight excluding hydrogens is 638 g/mol. The first-order valence-electron chi connectivity index (χ1n) is 15.4. The number of Topliss-reactive ketones (excluding diaryl/α,β-unsaturated/α-hetero) is 1. The first-order valence-corrected chi connectivity index (χ1v) is 15.4. The van der Waals surface area contributed by atoms with Gasteiger partial charge in [-0.2, -0.15) is 0 Å². The first kappa shape index (κ1) is 41.1. The number of benzene rings is 2. The van der Waals surface area contributed by atoms with E-state index >= 15 is 0 Å². The summed E-state index contributed by atoms with van der Waals surface area (Å²) in [6.07, 6.45) is -14.3. The molecule has 13 nitrogen and oxygen atoms in total. The minimum Gasteiger partial charge on any atom is -0.394 e. The van der Waals surface area contributed by atoms with Crippen molar-refractivity contribution in [2.75, 3.05) is 27.3 Å². The van der Waals surface area contributed by atoms with Crippen molar-refractivity contribution in [3.8, 4) is 0 Å². The molecule has 2 aromatic rings. The van der Waals surface area contributed by atoms with Gasteiger partial charge in [-0.3, -0.25) is 4.79 Å². The third kappa shape index (κ3) is 9.34. The Balaban J connectivity index is 0.000000320. The molecule has 0 saturated carbocycles. The Labute approximate surface area is 281 Å². The standard InChI is InChI=1S/C21H27NO.C12H22O11.ClH/c1-5-20(23)21(16-17(2)22(3)4,18-12-8-6-9-13-18)19-14-10-7-11-15-19;13-1-3-5(15)6(16)9(19)12(22-3)23-10-4(2-14)21-11(20)8(18)7(10)17;/h6-15,17H,5,16H2,1-4H3;3-20H,1-2H2;1H/t;3-,4-,5+,6+,7-,8-,9-,10-,11-,12+;/m.1./s1. The third-order valence-electron chi connectivity index (χ3n) is 8.79. The van der Waals surface area contributed by atoms with Crippen LogP contribution in [0, 0.1) is 0 Å². The molecular formula is C33H50ClNO12. The summed E-state index contributed by atoms with van der Waals surface area (Å²) in [6, 6.07) is 20.7. The van der Waals surface area contributed by atoms with Crippen LogP contribution in [-0.4, -0.2) is 146 Å². The Hall–Kier alpha value is -2.08. The molecule has 0 aromatic heterocycles. The lowest BCUT2D eigenvalue weighted by atomic mass is 9.67. The zero-order valence-corrected chi connectivity index (χ0v) is 27.8. The number of rotatable bonds is 11. The zero-order valence-electron chi connectivity index (χ0n) is 27.0. The maximum atomic E-state index is 13.2. The van der Waals surface area contributed by atoms with Crippen molar-refractivity contribution in [1.82, 2.24) is 4.90 Å². The molecule has 47 heavy (non-hydrogen) atoms. The van der Waals surface area contributed by atoms with Crippen molar-refractivity contribution >= 4 is 18.2 Å². The van der Waals surface area contributed by atoms with Crippen LogP contribution in [0.3, 0.4) is 0 Å². The van der Waals surface area contributed by atoms with Crippen molar-refractivity contribution in [3.63, 3.8) is 0 Å². The maximum absolute atomic E-state index is 13.2. The van der Waals surface area contributed by atoms with Crippen LogP contribution in [0.2, 0.25) is 0 Å². The number of ether oxygens (including phenoxy) is 3. The Morgan fingerprint density at radius 2 is 1.30 bits per heavy atom. The minimum absolute atomic E-state index is 0. The Morgan fingerprint density at radius 3 is 1.74 bits per heavy atom. The van der Waals surface area contributed by atoms with Gasteiger partial charge in [0.1, 0.15) is 54.6 Å². The first-order chi connectivity index (χ1) is 21.8. The second-order valence-electron chi connectivity index (χ2n) is 12.0. The fourth-order valence-corrected chi connectivity index (χ4v) is 5.78. The number of hydrogen-bond acceptors (Lipinski definition) is 13. The molecule has 0 amide bonds. The lowest BCUT2D eigenvalue weighted by molar-refractivity contribution is -0.355. The van der Waals surface area contributed by atoms with Crippen LogP contribution in [0.15, 0.2) is 60.7 Å². The SMILES string of the molecule is CCC(=O)C(CC(C)N(C)C)(c1ccccc1)c1ccccc1.Cl.OC[C@H]1O[C@@H](O[C@H]2[C@H](O)[C@@H](O)[C@H](O)O[C@@H]2CO)[C@H](O)[C@@H](O)[C@H]1O. The van der Waals surface area contributed by atoms with Gasteiger partial charge in [-0.25, -0.2) is 0 Å². The summed E-state index contributed by atoms with van der Waals surface area (Å²) in [5.41, 5.74) is 1.60. The molecule has 8 N–H and O–H groups in total. The Bertz CT molecular complexity index is 1150. The average molecular weight is 688 g/mol. The summed E-state index contributed by atoms with van der Waals surface area (Å²) in [4.78, 5) is 15.4. The van der Waals surface area contributed by atoms with E-state index in [-0.39, 0.29) is 18.2 Å². The summed E-state index contributed by atoms with van der Waals surface area (Å²) >= 11 is 0. The number of nitrogens with zero attached hydrogens (tertiary/aromatic N) is 1. The predicted molar refractivity (Wildman–Crippen MR) is 173 cm³/mol. The molecule has 0 radical (unpaired) electrons. The smallest absolute Gasteiger partial charge is 0.187 e. The van der Waals surface area contributed by atoms with Crippen LogP contribution in [0.1, 0.15) is 37.8 Å². The van der Waals surface area contributed by atoms with Crippen LogP contribution in [-0.2, 0) is 24.4 Å². The van der Waals surface area contributed by atoms with E-state index in [1.54, 1.807) is 0 Å². The van der Waals surface area contributed by atoms with Crippen molar-refractivity contribution in [2.24, 2.45) is 0 Å². The summed E-state index contributed by atoms with van der Waals surface area (Å²) in [5.74, 6) is 0.281. The molecule has 2 saturated heterocycles. The molecule has 11 atom stereocenters. The van der Waals surface area contributed by atoms with Crippen molar-refractivity contribution < 1.29 is 59.9 Å². The third-order valence-corrected chi connectivity index (χ3v) is 8.79. The number of carbonyl (C=O) groups excluding carboxylic acids is 1. The Morgan fingerprint density at radius 1 is 0.787 bits per heavy atom. The van der Waals surface area contributed by atoms with Crippen LogP contribution in [0.5, 0.6) is 0 Å². The van der Waals surface area contributed by atoms with E-state index in [1.165, 1.54) is 0 Å². The number of aliphatic hydroxyl groups excluding tert-OH is 8. The van der Waals surface area contributed by atoms with E-state index < -0.39 is 80.0 Å². The van der Waals surface area contributed by atoms with Gasteiger partial charge in [0.25, 0.3) is 0 Å². The summed E-state index contributed by atoms with van der Waals surface area (Å²) in [6.45, 7) is 2.80. The second kappa shape index (κ2) is 18.6. The van der Waals surface area contributed by atoms with E-state index in [2.05, 4.69) is 50.2 Å². The van der Waals surface area contributed by atoms with E-state index in [9.17, 15) is 40.5 Å². The maximum Gasteiger partial charge on any atom is 0.187 e. The average Bonchev–Trinajstić information content (AvgIpc) is 3.07. The van der Waals surface area contributed by atoms with Crippen LogP contribution >= 0.6 is 12.4 Å². The normalized spacial score (nSPS) is 31.7. The predicted octanol–water partition coefficient (Wildman–Crippen LogP) is -0.683. The highest BCUT2D eigenvalue weighted by atomic mass is 35.5. The second-order valence-corrected chi connectivity index (χ2v) is 12.0. The quantitative estimate of drug-likeness (QED) is 0.147. The van der Waals surface area contributed by atoms with Gasteiger partial charge >= 0.3 is 0 Å². The Kier molecular flexibility index (Phi) is 16.3. The van der Waals surface area contributed by atoms with Crippen LogP contribution in [0.4, 0.5) is 0 Å². The molecule has 1 unspecified atom stereocenters. The van der Waals surface area contributed by atoms with E-state index in [0.717, 1.165) is 17.5 Å². The molecule has 266 valence electrons. The van der Waals surface area contributed by atoms with E-state index in [1.807, 2.05) is 43.3 Å². The largest absolute Gasteiger partial charge is 0.394 e. The van der Waals surface area contributed by atoms with Crippen molar-refractivity contribution in [3.05, 3.63) is 71.8 Å². The molecule has 2 heterocycles. The lowest BCUT2D eigenvalue weighted by Gasteiger charge is -2.45. The number of aliphatic hydroxyl groups is 8. The summed E-state index contributed by atoms with van der Waals surface area (Å²) < 4.78 is 15.3. The minimum atomic E-state index is -1.74. The molecule has 0 bridgehead atoms. The van der Waals surface area contributed by atoms with Gasteiger partial charge in [0.05, 0.1) is 18.6 Å². The fourth-order valence-electron chi connectivity index (χ4n) is 5.78. The number of carbonyl (C=O) groups is 1. The van der Waals surface area contributed by atoms with Crippen LogP contribution in [0.25, 0.3) is 0 Å². The van der Waals surface area contributed by atoms with E-state index in [0.29, 0.717) is 12.5 Å². The number of hydrogen-bond donors (Lipinski definition) is 8. The molecule has 0 spiro atoms. The van der Waals surface area contributed by atoms with Gasteiger partial charge in [-0.1, -0.05) is 67.6 Å². The molecule has 4 rings (SSSR count). The fraction of sp³-hybridized carbons (Fsp3) is 0.606. The molecule has 2 aliphatic rings. The van der Waals surface area contributed by atoms with Gasteiger partial charge in [-0.05, 0) is 38.6 Å². The lowest BCUT2D eigenvalue weighted by Crippen LogP contribution is -2.64. The van der Waals surface area contributed by atoms with Crippen molar-refractivity contribution in [1.29, 1.82) is 0 Å². The molecule has 2 aliphatic heterocycles. The highest BCUT2D eigenvalue weighted by Gasteiger charge is 2.50. The van der Waals surface area contributed by atoms with Gasteiger partial charge in [0.15, 0.2) is 12.6 Å². The summed E-state index contributed by atoms with van der Waals surface area (Å²) in [7, 11) is 4.14. The zero-order chi connectivity index (χ0) is 34.2. The highest BCUT2D eigenvalue weighted by Crippen LogP contribution is 2.39. The molecule has 0 aliphatic carbocycles. The van der Waals surface area contributed by atoms with Gasteiger partial charge in [0, 0.05) is 12.5 Å². The van der Waals surface area contributed by atoms with E-state index in [4.69, 9.17) is 19.3 Å². The summed E-state index contributed by atoms with van der Waals surface area (Å²) in [5, 5.41) is 76.5. The van der Waals surface area contributed by atoms with Crippen molar-refractivity contribution in [2.45, 2.75) is 99.6 Å². The monoisotopic (exact) mass is 687 g/mol. The molecule has 14 heteroatoms. The van der Waals surface area contributed by atoms with Crippen LogP contribution < -0.4 is 0 Å². The molecule has 2 aromatic carbocycles.